The Morgan fingerprint density at radius 2 is 1.81 bits per heavy atom. The van der Waals surface area contributed by atoms with Crippen LogP contribution in [0, 0.1) is 0 Å². The first kappa shape index (κ1) is 10.8. The molecule has 16 heavy (non-hydrogen) atoms. The van der Waals surface area contributed by atoms with Crippen LogP contribution in [0.15, 0.2) is 30.3 Å². The van der Waals surface area contributed by atoms with Crippen LogP contribution in [0.4, 0.5) is 0 Å². The fourth-order valence-corrected chi connectivity index (χ4v) is 1.87. The minimum atomic E-state index is 0.325. The van der Waals surface area contributed by atoms with Gasteiger partial charge in [0.05, 0.1) is 7.11 Å². The molecule has 0 amide bonds. The van der Waals surface area contributed by atoms with E-state index in [9.17, 15) is 5.11 Å². The van der Waals surface area contributed by atoms with E-state index in [0.717, 1.165) is 22.1 Å². The summed E-state index contributed by atoms with van der Waals surface area (Å²) in [7, 11) is 1.64. The Morgan fingerprint density at radius 1 is 1.06 bits per heavy atom. The van der Waals surface area contributed by atoms with Crippen molar-refractivity contribution < 1.29 is 9.84 Å². The number of rotatable bonds is 2. The molecular formula is C14H16O2. The molecule has 0 saturated carbocycles. The number of aromatic hydroxyl groups is 1. The molecule has 0 fully saturated rings. The predicted molar refractivity (Wildman–Crippen MR) is 66.3 cm³/mol. The quantitative estimate of drug-likeness (QED) is 0.829. The Kier molecular flexibility index (Phi) is 2.73. The third-order valence-electron chi connectivity index (χ3n) is 2.81. The molecule has 0 spiro atoms. The van der Waals surface area contributed by atoms with E-state index in [0.29, 0.717) is 11.7 Å². The monoisotopic (exact) mass is 216 g/mol. The Bertz CT molecular complexity index is 515. The summed E-state index contributed by atoms with van der Waals surface area (Å²) in [5.74, 6) is 1.49. The summed E-state index contributed by atoms with van der Waals surface area (Å²) >= 11 is 0. The number of benzene rings is 2. The molecule has 0 aliphatic carbocycles. The summed E-state index contributed by atoms with van der Waals surface area (Å²) in [6.07, 6.45) is 0. The molecule has 0 aliphatic rings. The lowest BCUT2D eigenvalue weighted by molar-refractivity contribution is 0.415. The molecule has 0 bridgehead atoms. The van der Waals surface area contributed by atoms with Gasteiger partial charge in [-0.2, -0.15) is 0 Å². The summed E-state index contributed by atoms with van der Waals surface area (Å²) in [5, 5.41) is 12.0. The average molecular weight is 216 g/mol. The molecule has 0 radical (unpaired) electrons. The second-order valence-electron chi connectivity index (χ2n) is 4.28. The third kappa shape index (κ3) is 1.83. The normalized spacial score (nSPS) is 11.0. The average Bonchev–Trinajstić information content (AvgIpc) is 2.27. The maximum absolute atomic E-state index is 9.90. The number of hydrogen-bond acceptors (Lipinski definition) is 2. The SMILES string of the molecule is COc1ccc2cc(C(C)C)c(O)cc2c1. The summed E-state index contributed by atoms with van der Waals surface area (Å²) in [5.41, 5.74) is 0.984. The molecule has 0 atom stereocenters. The van der Waals surface area contributed by atoms with Crippen molar-refractivity contribution >= 4 is 10.8 Å². The number of fused-ring (bicyclic) bond motifs is 1. The fraction of sp³-hybridized carbons (Fsp3) is 0.286. The molecule has 84 valence electrons. The van der Waals surface area contributed by atoms with Crippen molar-refractivity contribution in [2.45, 2.75) is 19.8 Å². The van der Waals surface area contributed by atoms with Gasteiger partial charge in [0, 0.05) is 0 Å². The van der Waals surface area contributed by atoms with Gasteiger partial charge in [-0.25, -0.2) is 0 Å². The van der Waals surface area contributed by atoms with Crippen LogP contribution in [-0.2, 0) is 0 Å². The van der Waals surface area contributed by atoms with Crippen molar-refractivity contribution in [3.8, 4) is 11.5 Å². The van der Waals surface area contributed by atoms with E-state index < -0.39 is 0 Å². The lowest BCUT2D eigenvalue weighted by atomic mass is 9.98. The van der Waals surface area contributed by atoms with Gasteiger partial charge in [0.15, 0.2) is 0 Å². The second kappa shape index (κ2) is 4.05. The predicted octanol–water partition coefficient (Wildman–Crippen LogP) is 3.68. The molecule has 2 nitrogen and oxygen atoms in total. The summed E-state index contributed by atoms with van der Waals surface area (Å²) < 4.78 is 5.16. The molecule has 2 aromatic carbocycles. The highest BCUT2D eigenvalue weighted by atomic mass is 16.5. The molecule has 0 unspecified atom stereocenters. The minimum absolute atomic E-state index is 0.325. The van der Waals surface area contributed by atoms with Crippen molar-refractivity contribution in [3.63, 3.8) is 0 Å². The van der Waals surface area contributed by atoms with Gasteiger partial charge in [-0.05, 0) is 46.5 Å². The second-order valence-corrected chi connectivity index (χ2v) is 4.28. The lowest BCUT2D eigenvalue weighted by Crippen LogP contribution is -1.89. The van der Waals surface area contributed by atoms with Crippen LogP contribution < -0.4 is 4.74 Å². The minimum Gasteiger partial charge on any atom is -0.508 e. The van der Waals surface area contributed by atoms with Gasteiger partial charge in [0.2, 0.25) is 0 Å². The summed E-state index contributed by atoms with van der Waals surface area (Å²) in [6, 6.07) is 9.71. The van der Waals surface area contributed by atoms with E-state index in [1.165, 1.54) is 0 Å². The third-order valence-corrected chi connectivity index (χ3v) is 2.81. The van der Waals surface area contributed by atoms with Crippen LogP contribution in [-0.4, -0.2) is 12.2 Å². The van der Waals surface area contributed by atoms with Crippen LogP contribution in [0.3, 0.4) is 0 Å². The molecule has 0 aliphatic heterocycles. The molecular weight excluding hydrogens is 200 g/mol. The number of hydrogen-bond donors (Lipinski definition) is 1. The van der Waals surface area contributed by atoms with Crippen LogP contribution in [0.25, 0.3) is 10.8 Å². The first-order valence-corrected chi connectivity index (χ1v) is 5.42. The number of phenols is 1. The Labute approximate surface area is 95.5 Å². The Hall–Kier alpha value is -1.70. The lowest BCUT2D eigenvalue weighted by Gasteiger charge is -2.10. The van der Waals surface area contributed by atoms with Gasteiger partial charge in [-0.1, -0.05) is 19.9 Å². The number of methoxy groups -OCH3 is 1. The molecule has 2 heteroatoms. The molecule has 2 rings (SSSR count). The first-order chi connectivity index (χ1) is 7.61. The van der Waals surface area contributed by atoms with Crippen LogP contribution in [0.1, 0.15) is 25.3 Å². The van der Waals surface area contributed by atoms with E-state index in [-0.39, 0.29) is 0 Å². The zero-order valence-electron chi connectivity index (χ0n) is 9.82. The Balaban J connectivity index is 2.64. The molecule has 0 aromatic heterocycles. The van der Waals surface area contributed by atoms with Gasteiger partial charge < -0.3 is 9.84 Å². The fourth-order valence-electron chi connectivity index (χ4n) is 1.87. The first-order valence-electron chi connectivity index (χ1n) is 5.42. The van der Waals surface area contributed by atoms with Crippen molar-refractivity contribution in [1.82, 2.24) is 0 Å². The van der Waals surface area contributed by atoms with Crippen LogP contribution >= 0.6 is 0 Å². The van der Waals surface area contributed by atoms with E-state index in [4.69, 9.17) is 4.74 Å². The van der Waals surface area contributed by atoms with Crippen molar-refractivity contribution in [2.24, 2.45) is 0 Å². The van der Waals surface area contributed by atoms with E-state index in [1.807, 2.05) is 24.3 Å². The molecule has 1 N–H and O–H groups in total. The van der Waals surface area contributed by atoms with Crippen molar-refractivity contribution in [2.75, 3.05) is 7.11 Å². The van der Waals surface area contributed by atoms with Crippen LogP contribution in [0.5, 0.6) is 11.5 Å². The maximum Gasteiger partial charge on any atom is 0.119 e. The zero-order chi connectivity index (χ0) is 11.7. The molecule has 2 aromatic rings. The zero-order valence-corrected chi connectivity index (χ0v) is 9.82. The van der Waals surface area contributed by atoms with Crippen LogP contribution in [0.2, 0.25) is 0 Å². The highest BCUT2D eigenvalue weighted by Gasteiger charge is 2.07. The smallest absolute Gasteiger partial charge is 0.119 e. The largest absolute Gasteiger partial charge is 0.508 e. The topological polar surface area (TPSA) is 29.5 Å². The summed E-state index contributed by atoms with van der Waals surface area (Å²) in [6.45, 7) is 4.15. The maximum atomic E-state index is 9.90. The highest BCUT2D eigenvalue weighted by molar-refractivity contribution is 5.86. The summed E-state index contributed by atoms with van der Waals surface area (Å²) in [4.78, 5) is 0. The number of ether oxygens (including phenoxy) is 1. The van der Waals surface area contributed by atoms with Gasteiger partial charge in [0.25, 0.3) is 0 Å². The standard InChI is InChI=1S/C14H16O2/c1-9(2)13-7-10-4-5-12(16-3)6-11(10)8-14(13)15/h4-9,15H,1-3H3. The van der Waals surface area contributed by atoms with Crippen molar-refractivity contribution in [3.05, 3.63) is 35.9 Å². The van der Waals surface area contributed by atoms with Crippen molar-refractivity contribution in [1.29, 1.82) is 0 Å². The van der Waals surface area contributed by atoms with E-state index >= 15 is 0 Å². The van der Waals surface area contributed by atoms with Gasteiger partial charge in [-0.3, -0.25) is 0 Å². The Morgan fingerprint density at radius 3 is 2.44 bits per heavy atom. The molecule has 0 saturated heterocycles. The number of phenolic OH excluding ortho intramolecular Hbond substituents is 1. The van der Waals surface area contributed by atoms with Gasteiger partial charge in [-0.15, -0.1) is 0 Å². The van der Waals surface area contributed by atoms with Gasteiger partial charge in [0.1, 0.15) is 11.5 Å². The van der Waals surface area contributed by atoms with E-state index in [1.54, 1.807) is 13.2 Å². The van der Waals surface area contributed by atoms with Gasteiger partial charge >= 0.3 is 0 Å². The molecule has 0 heterocycles. The van der Waals surface area contributed by atoms with E-state index in [2.05, 4.69) is 13.8 Å². The highest BCUT2D eigenvalue weighted by Crippen LogP contribution is 2.31.